The van der Waals surface area contributed by atoms with Crippen molar-refractivity contribution in [3.05, 3.63) is 0 Å². The van der Waals surface area contributed by atoms with E-state index in [2.05, 4.69) is 10.6 Å². The Hall–Kier alpha value is -0.770. The van der Waals surface area contributed by atoms with Crippen molar-refractivity contribution >= 4 is 6.03 Å². The molecule has 1 rings (SSSR count). The van der Waals surface area contributed by atoms with Gasteiger partial charge in [0, 0.05) is 6.54 Å². The van der Waals surface area contributed by atoms with Crippen LogP contribution in [0.3, 0.4) is 0 Å². The Kier molecular flexibility index (Phi) is 4.73. The van der Waals surface area contributed by atoms with Gasteiger partial charge in [0.1, 0.15) is 0 Å². The first kappa shape index (κ1) is 11.3. The van der Waals surface area contributed by atoms with E-state index in [0.29, 0.717) is 6.54 Å². The lowest BCUT2D eigenvalue weighted by atomic mass is 10.1. The average Bonchev–Trinajstić information content (AvgIpc) is 2.33. The highest BCUT2D eigenvalue weighted by Gasteiger charge is 2.22. The van der Waals surface area contributed by atoms with Crippen LogP contribution < -0.4 is 10.6 Å². The molecule has 0 aromatic heterocycles. The van der Waals surface area contributed by atoms with E-state index in [-0.39, 0.29) is 18.2 Å². The summed E-state index contributed by atoms with van der Waals surface area (Å²) < 4.78 is 0. The Morgan fingerprint density at radius 2 is 2.07 bits per heavy atom. The van der Waals surface area contributed by atoms with Gasteiger partial charge in [-0.1, -0.05) is 19.3 Å². The molecule has 4 nitrogen and oxygen atoms in total. The fourth-order valence-electron chi connectivity index (χ4n) is 1.84. The van der Waals surface area contributed by atoms with Crippen molar-refractivity contribution in [1.29, 1.82) is 0 Å². The molecule has 14 heavy (non-hydrogen) atoms. The van der Waals surface area contributed by atoms with Crippen LogP contribution in [0, 0.1) is 0 Å². The van der Waals surface area contributed by atoms with E-state index < -0.39 is 0 Å². The molecule has 0 spiro atoms. The third-order valence-corrected chi connectivity index (χ3v) is 2.63. The minimum absolute atomic E-state index is 0.0657. The molecule has 3 N–H and O–H groups in total. The first-order chi connectivity index (χ1) is 6.74. The first-order valence-corrected chi connectivity index (χ1v) is 5.46. The van der Waals surface area contributed by atoms with Crippen LogP contribution >= 0.6 is 0 Å². The smallest absolute Gasteiger partial charge is 0.315 e. The van der Waals surface area contributed by atoms with Gasteiger partial charge in [-0.15, -0.1) is 0 Å². The van der Waals surface area contributed by atoms with Gasteiger partial charge in [-0.25, -0.2) is 4.79 Å². The van der Waals surface area contributed by atoms with E-state index in [1.807, 2.05) is 6.92 Å². The van der Waals surface area contributed by atoms with Crippen LogP contribution in [0.2, 0.25) is 0 Å². The molecular formula is C10H20N2O2. The maximum atomic E-state index is 11.2. The third kappa shape index (κ3) is 3.54. The number of aliphatic hydroxyl groups is 1. The van der Waals surface area contributed by atoms with Crippen molar-refractivity contribution in [1.82, 2.24) is 10.6 Å². The molecule has 1 fully saturated rings. The minimum atomic E-state index is -0.375. The van der Waals surface area contributed by atoms with Gasteiger partial charge in [-0.05, 0) is 19.8 Å². The normalized spacial score (nSPS) is 27.9. The lowest BCUT2D eigenvalue weighted by molar-refractivity contribution is 0.122. The van der Waals surface area contributed by atoms with Crippen LogP contribution in [0.5, 0.6) is 0 Å². The molecule has 1 saturated carbocycles. The van der Waals surface area contributed by atoms with Gasteiger partial charge < -0.3 is 15.7 Å². The van der Waals surface area contributed by atoms with Gasteiger partial charge >= 0.3 is 6.03 Å². The molecule has 0 aromatic carbocycles. The minimum Gasteiger partial charge on any atom is -0.391 e. The van der Waals surface area contributed by atoms with Crippen molar-refractivity contribution in [3.63, 3.8) is 0 Å². The predicted octanol–water partition coefficient (Wildman–Crippen LogP) is 0.999. The molecule has 0 heterocycles. The van der Waals surface area contributed by atoms with Crippen LogP contribution in [-0.2, 0) is 0 Å². The number of nitrogens with one attached hydrogen (secondary N) is 2. The lowest BCUT2D eigenvalue weighted by Crippen LogP contribution is -2.47. The van der Waals surface area contributed by atoms with E-state index >= 15 is 0 Å². The second-order valence-electron chi connectivity index (χ2n) is 3.82. The van der Waals surface area contributed by atoms with Gasteiger partial charge in [-0.2, -0.15) is 0 Å². The molecule has 0 aliphatic heterocycles. The number of rotatable bonds is 2. The van der Waals surface area contributed by atoms with Crippen molar-refractivity contribution in [2.24, 2.45) is 0 Å². The van der Waals surface area contributed by atoms with E-state index in [0.717, 1.165) is 32.1 Å². The summed E-state index contributed by atoms with van der Waals surface area (Å²) in [4.78, 5) is 11.2. The summed E-state index contributed by atoms with van der Waals surface area (Å²) in [5.74, 6) is 0. The van der Waals surface area contributed by atoms with Crippen LogP contribution in [0.4, 0.5) is 4.79 Å². The van der Waals surface area contributed by atoms with Crippen LogP contribution in [0.1, 0.15) is 39.0 Å². The van der Waals surface area contributed by atoms with E-state index in [1.165, 1.54) is 0 Å². The van der Waals surface area contributed by atoms with Crippen LogP contribution in [0.15, 0.2) is 0 Å². The summed E-state index contributed by atoms with van der Waals surface area (Å²) >= 11 is 0. The number of hydrogen-bond donors (Lipinski definition) is 3. The lowest BCUT2D eigenvalue weighted by Gasteiger charge is -2.21. The Bertz CT molecular complexity index is 185. The molecule has 0 bridgehead atoms. The zero-order chi connectivity index (χ0) is 10.4. The monoisotopic (exact) mass is 200 g/mol. The Balaban J connectivity index is 2.36. The second kappa shape index (κ2) is 5.86. The fraction of sp³-hybridized carbons (Fsp3) is 0.900. The molecule has 0 radical (unpaired) electrons. The number of carbonyl (C=O) groups excluding carboxylic acids is 1. The zero-order valence-corrected chi connectivity index (χ0v) is 8.75. The summed E-state index contributed by atoms with van der Waals surface area (Å²) in [5.41, 5.74) is 0. The quantitative estimate of drug-likeness (QED) is 0.582. The summed E-state index contributed by atoms with van der Waals surface area (Å²) in [6, 6.07) is -0.234. The summed E-state index contributed by atoms with van der Waals surface area (Å²) in [7, 11) is 0. The Morgan fingerprint density at radius 3 is 2.79 bits per heavy atom. The molecule has 0 aromatic rings. The number of amides is 2. The van der Waals surface area contributed by atoms with Gasteiger partial charge in [0.25, 0.3) is 0 Å². The molecule has 0 saturated heterocycles. The highest BCUT2D eigenvalue weighted by atomic mass is 16.3. The Labute approximate surface area is 85.1 Å². The topological polar surface area (TPSA) is 61.4 Å². The number of carbonyl (C=O) groups is 1. The zero-order valence-electron chi connectivity index (χ0n) is 8.75. The highest BCUT2D eigenvalue weighted by molar-refractivity contribution is 5.74. The van der Waals surface area contributed by atoms with Gasteiger partial charge in [0.05, 0.1) is 12.1 Å². The van der Waals surface area contributed by atoms with Crippen molar-refractivity contribution in [2.75, 3.05) is 6.54 Å². The van der Waals surface area contributed by atoms with Gasteiger partial charge in [0.15, 0.2) is 0 Å². The van der Waals surface area contributed by atoms with Crippen molar-refractivity contribution in [3.8, 4) is 0 Å². The predicted molar refractivity (Wildman–Crippen MR) is 55.1 cm³/mol. The summed E-state index contributed by atoms with van der Waals surface area (Å²) in [6.07, 6.45) is 4.63. The number of aliphatic hydroxyl groups excluding tert-OH is 1. The molecule has 2 atom stereocenters. The summed E-state index contributed by atoms with van der Waals surface area (Å²) in [5, 5.41) is 15.2. The van der Waals surface area contributed by atoms with Crippen LogP contribution in [-0.4, -0.2) is 29.8 Å². The highest BCUT2D eigenvalue weighted by Crippen LogP contribution is 2.17. The summed E-state index contributed by atoms with van der Waals surface area (Å²) in [6.45, 7) is 2.50. The SMILES string of the molecule is CCNC(=O)NC1CCCCCC1O. The molecule has 2 amide bonds. The number of hydrogen-bond acceptors (Lipinski definition) is 2. The second-order valence-corrected chi connectivity index (χ2v) is 3.82. The van der Waals surface area contributed by atoms with E-state index in [4.69, 9.17) is 0 Å². The van der Waals surface area contributed by atoms with Gasteiger partial charge in [-0.3, -0.25) is 0 Å². The molecule has 1 aliphatic carbocycles. The molecule has 2 unspecified atom stereocenters. The number of urea groups is 1. The standard InChI is InChI=1S/C10H20N2O2/c1-2-11-10(14)12-8-6-4-3-5-7-9(8)13/h8-9,13H,2-7H2,1H3,(H2,11,12,14). The van der Waals surface area contributed by atoms with Gasteiger partial charge in [0.2, 0.25) is 0 Å². The van der Waals surface area contributed by atoms with E-state index in [9.17, 15) is 9.90 Å². The molecule has 1 aliphatic rings. The first-order valence-electron chi connectivity index (χ1n) is 5.46. The third-order valence-electron chi connectivity index (χ3n) is 2.63. The molecule has 82 valence electrons. The van der Waals surface area contributed by atoms with Crippen molar-refractivity contribution in [2.45, 2.75) is 51.2 Å². The maximum Gasteiger partial charge on any atom is 0.315 e. The van der Waals surface area contributed by atoms with Crippen molar-refractivity contribution < 1.29 is 9.90 Å². The van der Waals surface area contributed by atoms with Crippen LogP contribution in [0.25, 0.3) is 0 Å². The Morgan fingerprint density at radius 1 is 1.36 bits per heavy atom. The molecular weight excluding hydrogens is 180 g/mol. The molecule has 4 heteroatoms. The fourth-order valence-corrected chi connectivity index (χ4v) is 1.84. The average molecular weight is 200 g/mol. The largest absolute Gasteiger partial charge is 0.391 e. The van der Waals surface area contributed by atoms with E-state index in [1.54, 1.807) is 0 Å². The maximum absolute atomic E-state index is 11.2.